The van der Waals surface area contributed by atoms with Gasteiger partial charge in [-0.25, -0.2) is 0 Å². The molecule has 1 unspecified atom stereocenters. The average molecular weight is 648 g/mol. The number of hydrogen-bond acceptors (Lipinski definition) is 7. The second kappa shape index (κ2) is 15.5. The largest absolute Gasteiger partial charge is 0.494 e. The smallest absolute Gasteiger partial charge is 0.272 e. The minimum absolute atomic E-state index is 0.00718. The predicted octanol–water partition coefficient (Wildman–Crippen LogP) is 5.84. The van der Waals surface area contributed by atoms with Gasteiger partial charge in [0.2, 0.25) is 5.91 Å². The maximum atomic E-state index is 13.4. The fourth-order valence-corrected chi connectivity index (χ4v) is 5.39. The number of benzene rings is 4. The molecule has 1 heterocycles. The van der Waals surface area contributed by atoms with Gasteiger partial charge in [0.1, 0.15) is 17.3 Å². The number of carbonyl (C=O) groups is 4. The minimum atomic E-state index is -0.507. The quantitative estimate of drug-likeness (QED) is 0.139. The van der Waals surface area contributed by atoms with Gasteiger partial charge in [-0.2, -0.15) is 10.1 Å². The summed E-state index contributed by atoms with van der Waals surface area (Å²) in [5.74, 6) is -0.437. The van der Waals surface area contributed by atoms with Crippen LogP contribution in [0.15, 0.2) is 125 Å². The molecule has 11 heteroatoms. The van der Waals surface area contributed by atoms with Gasteiger partial charge in [0.25, 0.3) is 17.7 Å². The van der Waals surface area contributed by atoms with Gasteiger partial charge in [-0.1, -0.05) is 48.5 Å². The molecule has 47 heavy (non-hydrogen) atoms. The van der Waals surface area contributed by atoms with Crippen LogP contribution < -0.4 is 25.7 Å². The Labute approximate surface area is 276 Å². The van der Waals surface area contributed by atoms with E-state index in [-0.39, 0.29) is 23.9 Å². The van der Waals surface area contributed by atoms with Crippen LogP contribution in [0.4, 0.5) is 11.4 Å². The maximum absolute atomic E-state index is 13.4. The Morgan fingerprint density at radius 1 is 0.894 bits per heavy atom. The van der Waals surface area contributed by atoms with Crippen molar-refractivity contribution in [3.63, 3.8) is 0 Å². The Kier molecular flexibility index (Phi) is 10.8. The normalized spacial score (nSPS) is 13.4. The van der Waals surface area contributed by atoms with Crippen LogP contribution in [0, 0.1) is 0 Å². The van der Waals surface area contributed by atoms with Crippen molar-refractivity contribution >= 4 is 58.7 Å². The van der Waals surface area contributed by atoms with E-state index in [0.29, 0.717) is 40.7 Å². The molecule has 5 rings (SSSR count). The number of anilines is 2. The molecule has 0 spiro atoms. The number of para-hydroxylation sites is 1. The highest BCUT2D eigenvalue weighted by atomic mass is 32.2. The van der Waals surface area contributed by atoms with Gasteiger partial charge in [0.05, 0.1) is 24.0 Å². The van der Waals surface area contributed by atoms with E-state index < -0.39 is 17.1 Å². The molecule has 0 aliphatic carbocycles. The summed E-state index contributed by atoms with van der Waals surface area (Å²) in [5, 5.41) is 13.4. The molecule has 1 atom stereocenters. The van der Waals surface area contributed by atoms with Crippen LogP contribution >= 0.6 is 11.8 Å². The predicted molar refractivity (Wildman–Crippen MR) is 184 cm³/mol. The van der Waals surface area contributed by atoms with E-state index in [9.17, 15) is 19.2 Å². The molecule has 0 saturated carbocycles. The van der Waals surface area contributed by atoms with E-state index in [0.717, 1.165) is 4.90 Å². The van der Waals surface area contributed by atoms with Gasteiger partial charge in [-0.05, 0) is 86.2 Å². The summed E-state index contributed by atoms with van der Waals surface area (Å²) in [6.45, 7) is 4.19. The van der Waals surface area contributed by atoms with E-state index in [4.69, 9.17) is 4.74 Å². The van der Waals surface area contributed by atoms with Gasteiger partial charge in [0, 0.05) is 16.1 Å². The Hall–Kier alpha value is -5.68. The molecule has 3 N–H and O–H groups in total. The Bertz CT molecular complexity index is 1790. The third-order valence-electron chi connectivity index (χ3n) is 6.87. The van der Waals surface area contributed by atoms with Crippen LogP contribution in [0.5, 0.6) is 5.75 Å². The van der Waals surface area contributed by atoms with Crippen LogP contribution in [0.25, 0.3) is 6.08 Å². The van der Waals surface area contributed by atoms with E-state index >= 15 is 0 Å². The Balaban J connectivity index is 1.21. The van der Waals surface area contributed by atoms with Crippen LogP contribution in [-0.4, -0.2) is 41.3 Å². The summed E-state index contributed by atoms with van der Waals surface area (Å²) in [4.78, 5) is 52.4. The van der Waals surface area contributed by atoms with Gasteiger partial charge in [0.15, 0.2) is 0 Å². The number of rotatable bonds is 11. The van der Waals surface area contributed by atoms with Crippen molar-refractivity contribution < 1.29 is 23.9 Å². The highest BCUT2D eigenvalue weighted by molar-refractivity contribution is 8.00. The van der Waals surface area contributed by atoms with E-state index in [1.165, 1.54) is 16.8 Å². The number of amidine groups is 1. The molecule has 4 aromatic carbocycles. The van der Waals surface area contributed by atoms with E-state index in [1.54, 1.807) is 104 Å². The van der Waals surface area contributed by atoms with Crippen molar-refractivity contribution in [2.45, 2.75) is 30.4 Å². The number of ether oxygens (including phenoxy) is 1. The number of hydrogen-bond donors (Lipinski definition) is 3. The first-order chi connectivity index (χ1) is 22.8. The topological polar surface area (TPSA) is 129 Å². The molecule has 1 aliphatic rings. The van der Waals surface area contributed by atoms with Crippen molar-refractivity contribution in [1.29, 1.82) is 0 Å². The van der Waals surface area contributed by atoms with Crippen LogP contribution in [0.1, 0.15) is 36.2 Å². The number of hydrazone groups is 1. The molecule has 238 valence electrons. The highest BCUT2D eigenvalue weighted by Gasteiger charge is 2.27. The van der Waals surface area contributed by atoms with Gasteiger partial charge in [-0.15, -0.1) is 11.8 Å². The van der Waals surface area contributed by atoms with Crippen molar-refractivity contribution in [1.82, 2.24) is 10.6 Å². The second-order valence-corrected chi connectivity index (χ2v) is 11.8. The van der Waals surface area contributed by atoms with Gasteiger partial charge >= 0.3 is 0 Å². The lowest BCUT2D eigenvalue weighted by Gasteiger charge is -2.13. The summed E-state index contributed by atoms with van der Waals surface area (Å²) in [7, 11) is 0. The van der Waals surface area contributed by atoms with E-state index in [1.807, 2.05) is 25.1 Å². The second-order valence-electron chi connectivity index (χ2n) is 10.4. The fourth-order valence-electron chi connectivity index (χ4n) is 4.52. The number of nitrogens with zero attached hydrogens (tertiary/aromatic N) is 2. The monoisotopic (exact) mass is 647 g/mol. The van der Waals surface area contributed by atoms with Crippen molar-refractivity contribution in [3.8, 4) is 5.75 Å². The minimum Gasteiger partial charge on any atom is -0.494 e. The zero-order valence-electron chi connectivity index (χ0n) is 25.8. The van der Waals surface area contributed by atoms with Crippen LogP contribution in [-0.2, 0) is 14.4 Å². The summed E-state index contributed by atoms with van der Waals surface area (Å²) in [6, 6.07) is 31.9. The molecule has 1 aliphatic heterocycles. The lowest BCUT2D eigenvalue weighted by molar-refractivity contribution is -0.119. The van der Waals surface area contributed by atoms with Crippen LogP contribution in [0.2, 0.25) is 0 Å². The first-order valence-corrected chi connectivity index (χ1v) is 15.8. The lowest BCUT2D eigenvalue weighted by atomic mass is 10.1. The standard InChI is InChI=1S/C36H33N5O5S/c1-3-46-29-18-14-25(15-19-29)22-31(38-35(44)26-10-6-4-7-11-26)36(45)37-27-16-20-30(21-17-27)47-24(2)34(43)39-32-23-33(42)41(40-32)28-12-8-5-9-13-28/h4-22,24H,3,23H2,1-2H3,(H,37,45)(H,38,44)(H,39,40,43)/b31-22-. The summed E-state index contributed by atoms with van der Waals surface area (Å²) in [5.41, 5.74) is 2.31. The molecule has 0 bridgehead atoms. The number of carbonyl (C=O) groups excluding carboxylic acids is 4. The molecule has 4 amide bonds. The first kappa shape index (κ1) is 32.7. The number of thioether (sulfide) groups is 1. The molecular formula is C36H33N5O5S. The van der Waals surface area contributed by atoms with Crippen LogP contribution in [0.3, 0.4) is 0 Å². The molecule has 4 aromatic rings. The van der Waals surface area contributed by atoms with Crippen molar-refractivity contribution in [2.24, 2.45) is 5.10 Å². The summed E-state index contributed by atoms with van der Waals surface area (Å²) >= 11 is 1.32. The third kappa shape index (κ3) is 8.95. The molecule has 0 saturated heterocycles. The number of nitrogens with one attached hydrogen (secondary N) is 3. The zero-order valence-corrected chi connectivity index (χ0v) is 26.6. The lowest BCUT2D eigenvalue weighted by Crippen LogP contribution is -2.35. The number of amides is 4. The molecule has 10 nitrogen and oxygen atoms in total. The van der Waals surface area contributed by atoms with Gasteiger partial charge < -0.3 is 20.7 Å². The fraction of sp³-hybridized carbons (Fsp3) is 0.139. The molecule has 0 radical (unpaired) electrons. The van der Waals surface area contributed by atoms with Crippen molar-refractivity contribution in [3.05, 3.63) is 126 Å². The Morgan fingerprint density at radius 2 is 1.55 bits per heavy atom. The molecule has 0 fully saturated rings. The molecule has 0 aromatic heterocycles. The van der Waals surface area contributed by atoms with Gasteiger partial charge in [-0.3, -0.25) is 19.2 Å². The van der Waals surface area contributed by atoms with E-state index in [2.05, 4.69) is 21.1 Å². The summed E-state index contributed by atoms with van der Waals surface area (Å²) < 4.78 is 5.50. The summed E-state index contributed by atoms with van der Waals surface area (Å²) in [6.07, 6.45) is 1.60. The third-order valence-corrected chi connectivity index (χ3v) is 7.98. The van der Waals surface area contributed by atoms with Crippen molar-refractivity contribution in [2.75, 3.05) is 16.9 Å². The Morgan fingerprint density at radius 3 is 2.21 bits per heavy atom. The first-order valence-electron chi connectivity index (χ1n) is 14.9. The maximum Gasteiger partial charge on any atom is 0.272 e. The SMILES string of the molecule is CCOc1ccc(/C=C(\NC(=O)c2ccccc2)C(=O)Nc2ccc(SC(C)C(=O)NC3=NN(c4ccccc4)C(=O)C3)cc2)cc1. The highest BCUT2D eigenvalue weighted by Crippen LogP contribution is 2.26. The zero-order chi connectivity index (χ0) is 33.2. The molecular weight excluding hydrogens is 614 g/mol. The average Bonchev–Trinajstić information content (AvgIpc) is 3.46.